The molecule has 2 saturated heterocycles. The summed E-state index contributed by atoms with van der Waals surface area (Å²) < 4.78 is 11.5. The maximum Gasteiger partial charge on any atom is 0.0940 e. The maximum atomic E-state index is 10.6. The topological polar surface area (TPSA) is 38.7 Å². The van der Waals surface area contributed by atoms with E-state index in [1.807, 2.05) is 0 Å². The average molecular weight is 290 g/mol. The molecule has 0 radical (unpaired) electrons. The normalized spacial score (nSPS) is 30.7. The van der Waals surface area contributed by atoms with Crippen molar-refractivity contribution < 1.29 is 14.6 Å². The van der Waals surface area contributed by atoms with Gasteiger partial charge in [-0.3, -0.25) is 0 Å². The highest BCUT2D eigenvalue weighted by Gasteiger charge is 2.42. The molecule has 21 heavy (non-hydrogen) atoms. The number of rotatable bonds is 4. The van der Waals surface area contributed by atoms with E-state index in [0.29, 0.717) is 12.5 Å². The zero-order chi connectivity index (χ0) is 14.7. The Kier molecular flexibility index (Phi) is 4.63. The van der Waals surface area contributed by atoms with E-state index in [-0.39, 0.29) is 11.7 Å². The Hall–Kier alpha value is -0.900. The van der Waals surface area contributed by atoms with Crippen LogP contribution >= 0.6 is 0 Å². The van der Waals surface area contributed by atoms with E-state index in [4.69, 9.17) is 9.47 Å². The van der Waals surface area contributed by atoms with Crippen molar-refractivity contribution in [2.75, 3.05) is 19.8 Å². The average Bonchev–Trinajstić information content (AvgIpc) is 2.94. The van der Waals surface area contributed by atoms with Crippen molar-refractivity contribution in [2.45, 2.75) is 50.7 Å². The van der Waals surface area contributed by atoms with Crippen molar-refractivity contribution in [1.29, 1.82) is 0 Å². The third-order valence-corrected chi connectivity index (χ3v) is 5.11. The lowest BCUT2D eigenvalue weighted by Crippen LogP contribution is -2.43. The zero-order valence-electron chi connectivity index (χ0n) is 12.9. The Morgan fingerprint density at radius 1 is 1.33 bits per heavy atom. The van der Waals surface area contributed by atoms with Crippen LogP contribution in [0.4, 0.5) is 0 Å². The number of aliphatic hydroxyl groups excluding tert-OH is 1. The molecule has 1 N–H and O–H groups in total. The zero-order valence-corrected chi connectivity index (χ0v) is 12.9. The molecule has 1 aromatic carbocycles. The van der Waals surface area contributed by atoms with E-state index in [9.17, 15) is 5.11 Å². The summed E-state index contributed by atoms with van der Waals surface area (Å²) in [6.45, 7) is 4.40. The van der Waals surface area contributed by atoms with Crippen LogP contribution in [-0.2, 0) is 15.9 Å². The van der Waals surface area contributed by atoms with Crippen molar-refractivity contribution in [2.24, 2.45) is 5.92 Å². The van der Waals surface area contributed by atoms with Gasteiger partial charge >= 0.3 is 0 Å². The Balaban J connectivity index is 1.55. The molecule has 3 unspecified atom stereocenters. The summed E-state index contributed by atoms with van der Waals surface area (Å²) in [6.07, 6.45) is 4.46. The van der Waals surface area contributed by atoms with E-state index in [2.05, 4.69) is 31.2 Å². The number of hydrogen-bond donors (Lipinski definition) is 1. The molecule has 2 fully saturated rings. The van der Waals surface area contributed by atoms with Crippen LogP contribution in [0.2, 0.25) is 0 Å². The molecule has 0 aromatic heterocycles. The molecule has 0 aliphatic carbocycles. The largest absolute Gasteiger partial charge is 0.393 e. The molecule has 0 amide bonds. The minimum Gasteiger partial charge on any atom is -0.393 e. The number of hydrogen-bond acceptors (Lipinski definition) is 3. The molecule has 3 heteroatoms. The van der Waals surface area contributed by atoms with Gasteiger partial charge in [-0.25, -0.2) is 0 Å². The van der Waals surface area contributed by atoms with E-state index in [1.165, 1.54) is 11.1 Å². The highest BCUT2D eigenvalue weighted by molar-refractivity contribution is 5.25. The molecular weight excluding hydrogens is 264 g/mol. The lowest BCUT2D eigenvalue weighted by atomic mass is 9.80. The number of aryl methyl sites for hydroxylation is 2. The molecule has 3 nitrogen and oxygen atoms in total. The summed E-state index contributed by atoms with van der Waals surface area (Å²) in [5.41, 5.74) is 2.56. The fourth-order valence-corrected chi connectivity index (χ4v) is 3.69. The molecule has 1 aromatic rings. The predicted molar refractivity (Wildman–Crippen MR) is 82.3 cm³/mol. The monoisotopic (exact) mass is 290 g/mol. The molecule has 3 rings (SSSR count). The lowest BCUT2D eigenvalue weighted by molar-refractivity contribution is -0.117. The molecule has 116 valence electrons. The second-order valence-corrected chi connectivity index (χ2v) is 6.62. The summed E-state index contributed by atoms with van der Waals surface area (Å²) in [5.74, 6) is 0.351. The van der Waals surface area contributed by atoms with Gasteiger partial charge in [0.1, 0.15) is 0 Å². The van der Waals surface area contributed by atoms with Crippen LogP contribution < -0.4 is 0 Å². The third-order valence-electron chi connectivity index (χ3n) is 5.11. The molecule has 0 bridgehead atoms. The summed E-state index contributed by atoms with van der Waals surface area (Å²) in [4.78, 5) is 0. The first kappa shape index (κ1) is 15.0. The second-order valence-electron chi connectivity index (χ2n) is 6.62. The summed E-state index contributed by atoms with van der Waals surface area (Å²) in [5, 5.41) is 10.6. The van der Waals surface area contributed by atoms with Gasteiger partial charge in [-0.05, 0) is 49.7 Å². The Morgan fingerprint density at radius 2 is 2.19 bits per heavy atom. The second kappa shape index (κ2) is 6.47. The number of ether oxygens (including phenoxy) is 2. The van der Waals surface area contributed by atoms with Crippen molar-refractivity contribution in [1.82, 2.24) is 0 Å². The van der Waals surface area contributed by atoms with Gasteiger partial charge in [0.25, 0.3) is 0 Å². The van der Waals surface area contributed by atoms with Gasteiger partial charge in [0, 0.05) is 19.6 Å². The molecule has 1 spiro atoms. The third kappa shape index (κ3) is 3.47. The minimum absolute atomic E-state index is 0.105. The summed E-state index contributed by atoms with van der Waals surface area (Å²) in [6, 6.07) is 8.45. The fraction of sp³-hybridized carbons (Fsp3) is 0.667. The van der Waals surface area contributed by atoms with E-state index in [1.54, 1.807) is 0 Å². The lowest BCUT2D eigenvalue weighted by Gasteiger charge is -2.39. The molecule has 2 aliphatic heterocycles. The standard InChI is InChI=1S/C18H26O3/c1-14-4-2-3-5-15(14)6-7-17(19)16-8-10-21-18(12-16)9-11-20-13-18/h2-5,16-17,19H,6-13H2,1H3. The van der Waals surface area contributed by atoms with Gasteiger partial charge in [-0.2, -0.15) is 0 Å². The summed E-state index contributed by atoms with van der Waals surface area (Å²) >= 11 is 0. The first-order valence-electron chi connectivity index (χ1n) is 8.13. The van der Waals surface area contributed by atoms with Crippen LogP contribution in [-0.4, -0.2) is 36.6 Å². The maximum absolute atomic E-state index is 10.6. The fourth-order valence-electron chi connectivity index (χ4n) is 3.69. The van der Waals surface area contributed by atoms with Gasteiger partial charge in [-0.15, -0.1) is 0 Å². The van der Waals surface area contributed by atoms with Crippen LogP contribution in [0.1, 0.15) is 36.8 Å². The minimum atomic E-state index is -0.231. The van der Waals surface area contributed by atoms with Crippen molar-refractivity contribution >= 4 is 0 Å². The number of benzene rings is 1. The Bertz CT molecular complexity index is 465. The van der Waals surface area contributed by atoms with E-state index >= 15 is 0 Å². The van der Waals surface area contributed by atoms with Gasteiger partial charge in [0.15, 0.2) is 0 Å². The van der Waals surface area contributed by atoms with Crippen molar-refractivity contribution in [3.8, 4) is 0 Å². The van der Waals surface area contributed by atoms with Crippen molar-refractivity contribution in [3.63, 3.8) is 0 Å². The molecule has 2 heterocycles. The molecular formula is C18H26O3. The van der Waals surface area contributed by atoms with Gasteiger partial charge in [0.2, 0.25) is 0 Å². The number of aliphatic hydroxyl groups is 1. The van der Waals surface area contributed by atoms with Crippen LogP contribution in [0.25, 0.3) is 0 Å². The quantitative estimate of drug-likeness (QED) is 0.926. The SMILES string of the molecule is Cc1ccccc1CCC(O)C1CCOC2(CCOC2)C1. The van der Waals surface area contributed by atoms with Gasteiger partial charge < -0.3 is 14.6 Å². The van der Waals surface area contributed by atoms with Crippen LogP contribution in [0.5, 0.6) is 0 Å². The predicted octanol–water partition coefficient (Wildman–Crippen LogP) is 2.87. The molecule has 3 atom stereocenters. The molecule has 2 aliphatic rings. The van der Waals surface area contributed by atoms with E-state index in [0.717, 1.165) is 45.3 Å². The first-order valence-corrected chi connectivity index (χ1v) is 8.13. The first-order chi connectivity index (χ1) is 10.2. The Morgan fingerprint density at radius 3 is 2.95 bits per heavy atom. The van der Waals surface area contributed by atoms with Gasteiger partial charge in [0.05, 0.1) is 18.3 Å². The molecule has 0 saturated carbocycles. The smallest absolute Gasteiger partial charge is 0.0940 e. The van der Waals surface area contributed by atoms with Crippen LogP contribution in [0, 0.1) is 12.8 Å². The van der Waals surface area contributed by atoms with Crippen LogP contribution in [0.15, 0.2) is 24.3 Å². The summed E-state index contributed by atoms with van der Waals surface area (Å²) in [7, 11) is 0. The van der Waals surface area contributed by atoms with Gasteiger partial charge in [-0.1, -0.05) is 24.3 Å². The van der Waals surface area contributed by atoms with E-state index < -0.39 is 0 Å². The Labute approximate surface area is 127 Å². The van der Waals surface area contributed by atoms with Crippen LogP contribution in [0.3, 0.4) is 0 Å². The van der Waals surface area contributed by atoms with Crippen molar-refractivity contribution in [3.05, 3.63) is 35.4 Å². The highest BCUT2D eigenvalue weighted by atomic mass is 16.6. The highest BCUT2D eigenvalue weighted by Crippen LogP contribution is 2.37.